The van der Waals surface area contributed by atoms with Gasteiger partial charge in [-0.15, -0.1) is 11.8 Å². The molecule has 37 heavy (non-hydrogen) atoms. The van der Waals surface area contributed by atoms with Crippen LogP contribution in [0, 0.1) is 0 Å². The van der Waals surface area contributed by atoms with Crippen LogP contribution in [0.3, 0.4) is 0 Å². The fourth-order valence-electron chi connectivity index (χ4n) is 3.83. The van der Waals surface area contributed by atoms with Crippen LogP contribution in [0.5, 0.6) is 5.75 Å². The van der Waals surface area contributed by atoms with Crippen LogP contribution in [0.1, 0.15) is 26.9 Å². The molecule has 0 bridgehead atoms. The van der Waals surface area contributed by atoms with Gasteiger partial charge < -0.3 is 15.0 Å². The number of hydrogen-bond acceptors (Lipinski definition) is 6. The molecule has 0 radical (unpaired) electrons. The summed E-state index contributed by atoms with van der Waals surface area (Å²) in [7, 11) is -0.535. The number of hydrogen-bond donors (Lipinski definition) is 1. The molecule has 3 aromatic rings. The van der Waals surface area contributed by atoms with E-state index in [4.69, 9.17) is 4.74 Å². The molecule has 1 N–H and O–H groups in total. The topological polar surface area (TPSA) is 96.0 Å². The highest BCUT2D eigenvalue weighted by Gasteiger charge is 2.32. The first-order valence-corrected chi connectivity index (χ1v) is 14.2. The summed E-state index contributed by atoms with van der Waals surface area (Å²) in [6.45, 7) is 1.07. The maximum atomic E-state index is 12.6. The Hall–Kier alpha value is -3.34. The van der Waals surface area contributed by atoms with Crippen LogP contribution >= 0.6 is 11.8 Å². The zero-order valence-electron chi connectivity index (χ0n) is 20.7. The predicted molar refractivity (Wildman–Crippen MR) is 144 cm³/mol. The molecule has 10 heteroatoms. The second-order valence-corrected chi connectivity index (χ2v) is 11.9. The normalized spacial score (nSPS) is 15.7. The van der Waals surface area contributed by atoms with Gasteiger partial charge >= 0.3 is 0 Å². The second kappa shape index (κ2) is 11.8. The molecule has 0 spiro atoms. The number of sulfonamides is 1. The Labute approximate surface area is 221 Å². The summed E-state index contributed by atoms with van der Waals surface area (Å²) in [5.41, 5.74) is 2.58. The van der Waals surface area contributed by atoms with Crippen LogP contribution in [-0.2, 0) is 21.4 Å². The fourth-order valence-corrected chi connectivity index (χ4v) is 5.92. The number of nitrogens with zero attached hydrogens (tertiary/aromatic N) is 2. The molecule has 1 heterocycles. The zero-order chi connectivity index (χ0) is 26.4. The van der Waals surface area contributed by atoms with Crippen molar-refractivity contribution in [3.63, 3.8) is 0 Å². The first-order chi connectivity index (χ1) is 17.8. The lowest BCUT2D eigenvalue weighted by molar-refractivity contribution is -0.128. The van der Waals surface area contributed by atoms with E-state index in [0.29, 0.717) is 23.6 Å². The van der Waals surface area contributed by atoms with Crippen molar-refractivity contribution in [2.24, 2.45) is 0 Å². The van der Waals surface area contributed by atoms with Gasteiger partial charge in [-0.2, -0.15) is 0 Å². The van der Waals surface area contributed by atoms with Crippen molar-refractivity contribution < 1.29 is 22.7 Å². The molecular formula is C27H29N3O5S2. The van der Waals surface area contributed by atoms with Crippen LogP contribution in [-0.4, -0.2) is 62.4 Å². The van der Waals surface area contributed by atoms with Crippen molar-refractivity contribution in [3.8, 4) is 5.75 Å². The van der Waals surface area contributed by atoms with Crippen LogP contribution in [0.25, 0.3) is 0 Å². The Bertz CT molecular complexity index is 1330. The largest absolute Gasteiger partial charge is 0.492 e. The number of rotatable bonds is 10. The molecule has 1 fully saturated rings. The van der Waals surface area contributed by atoms with Gasteiger partial charge in [-0.1, -0.05) is 42.5 Å². The van der Waals surface area contributed by atoms with Crippen molar-refractivity contribution in [1.29, 1.82) is 0 Å². The van der Waals surface area contributed by atoms with Gasteiger partial charge in [0.25, 0.3) is 5.91 Å². The summed E-state index contributed by atoms with van der Waals surface area (Å²) in [5, 5.41) is 2.74. The number of ether oxygens (including phenoxy) is 1. The molecule has 3 aromatic carbocycles. The number of benzene rings is 3. The molecule has 1 aliphatic heterocycles. The molecule has 1 saturated heterocycles. The van der Waals surface area contributed by atoms with E-state index in [1.165, 1.54) is 26.2 Å². The molecule has 2 amide bonds. The highest BCUT2D eigenvalue weighted by molar-refractivity contribution is 8.00. The summed E-state index contributed by atoms with van der Waals surface area (Å²) in [4.78, 5) is 27.1. The van der Waals surface area contributed by atoms with E-state index >= 15 is 0 Å². The van der Waals surface area contributed by atoms with Gasteiger partial charge in [0.05, 0.1) is 17.2 Å². The lowest BCUT2D eigenvalue weighted by atomic mass is 10.1. The highest BCUT2D eigenvalue weighted by Crippen LogP contribution is 2.39. The third-order valence-corrected chi connectivity index (χ3v) is 8.97. The van der Waals surface area contributed by atoms with Gasteiger partial charge in [0.1, 0.15) is 17.7 Å². The lowest BCUT2D eigenvalue weighted by Crippen LogP contribution is -2.28. The molecule has 4 rings (SSSR count). The molecule has 0 aromatic heterocycles. The van der Waals surface area contributed by atoms with E-state index in [2.05, 4.69) is 5.32 Å². The van der Waals surface area contributed by atoms with Gasteiger partial charge in [-0.3, -0.25) is 9.59 Å². The highest BCUT2D eigenvalue weighted by atomic mass is 32.2. The monoisotopic (exact) mass is 539 g/mol. The second-order valence-electron chi connectivity index (χ2n) is 8.66. The Morgan fingerprint density at radius 2 is 1.70 bits per heavy atom. The molecule has 194 valence electrons. The Morgan fingerprint density at radius 1 is 1.03 bits per heavy atom. The van der Waals surface area contributed by atoms with Crippen molar-refractivity contribution >= 4 is 33.6 Å². The molecule has 0 unspecified atom stereocenters. The molecule has 1 aliphatic rings. The Balaban J connectivity index is 1.27. The van der Waals surface area contributed by atoms with Crippen LogP contribution in [0.2, 0.25) is 0 Å². The average Bonchev–Trinajstić information content (AvgIpc) is 3.27. The van der Waals surface area contributed by atoms with Gasteiger partial charge in [-0.25, -0.2) is 12.7 Å². The minimum atomic E-state index is -3.49. The van der Waals surface area contributed by atoms with E-state index in [-0.39, 0.29) is 35.2 Å². The number of thioether (sulfide) groups is 1. The number of carbonyl (C=O) groups excluding carboxylic acids is 2. The zero-order valence-corrected chi connectivity index (χ0v) is 22.3. The van der Waals surface area contributed by atoms with Gasteiger partial charge in [0, 0.05) is 26.2 Å². The van der Waals surface area contributed by atoms with Crippen molar-refractivity contribution in [1.82, 2.24) is 14.5 Å². The van der Waals surface area contributed by atoms with Crippen LogP contribution in [0.15, 0.2) is 83.8 Å². The van der Waals surface area contributed by atoms with Gasteiger partial charge in [-0.05, 0) is 47.5 Å². The maximum absolute atomic E-state index is 12.6. The summed E-state index contributed by atoms with van der Waals surface area (Å²) in [6.07, 6.45) is 0. The standard InChI is InChI=1S/C27H29N3O5S2/c1-29(2)37(33,34)24-14-12-23(13-15-24)35-17-16-28-26(32)21-8-10-22(11-9-21)27-30(25(31)19-36-27)18-20-6-4-3-5-7-20/h3-15,27H,16-19H2,1-2H3,(H,28,32)/t27-/m0/s1. The first kappa shape index (κ1) is 26.7. The average molecular weight is 540 g/mol. The SMILES string of the molecule is CN(C)S(=O)(=O)c1ccc(OCCNC(=O)c2ccc([C@@H]3SCC(=O)N3Cc3ccccc3)cc2)cc1. The summed E-state index contributed by atoms with van der Waals surface area (Å²) in [6, 6.07) is 23.4. The number of nitrogens with one attached hydrogen (secondary N) is 1. The third kappa shape index (κ3) is 6.51. The maximum Gasteiger partial charge on any atom is 0.251 e. The Morgan fingerprint density at radius 3 is 2.35 bits per heavy atom. The molecule has 1 atom stereocenters. The smallest absolute Gasteiger partial charge is 0.251 e. The predicted octanol–water partition coefficient (Wildman–Crippen LogP) is 3.52. The molecule has 0 saturated carbocycles. The van der Waals surface area contributed by atoms with Crippen LogP contribution in [0.4, 0.5) is 0 Å². The van der Waals surface area contributed by atoms with Gasteiger partial charge in [0.15, 0.2) is 0 Å². The van der Waals surface area contributed by atoms with E-state index in [9.17, 15) is 18.0 Å². The Kier molecular flexibility index (Phi) is 8.52. The van der Waals surface area contributed by atoms with E-state index in [0.717, 1.165) is 15.4 Å². The number of amides is 2. The molecule has 8 nitrogen and oxygen atoms in total. The van der Waals surface area contributed by atoms with Crippen LogP contribution < -0.4 is 10.1 Å². The minimum Gasteiger partial charge on any atom is -0.492 e. The van der Waals surface area contributed by atoms with Crippen molar-refractivity contribution in [2.75, 3.05) is 33.0 Å². The summed E-state index contributed by atoms with van der Waals surface area (Å²) >= 11 is 1.59. The molecule has 0 aliphatic carbocycles. The van der Waals surface area contributed by atoms with Crippen molar-refractivity contribution in [3.05, 3.63) is 95.6 Å². The third-order valence-electron chi connectivity index (χ3n) is 5.88. The van der Waals surface area contributed by atoms with Gasteiger partial charge in [0.2, 0.25) is 15.9 Å². The first-order valence-electron chi connectivity index (χ1n) is 11.7. The summed E-state index contributed by atoms with van der Waals surface area (Å²) in [5.74, 6) is 0.835. The van der Waals surface area contributed by atoms with E-state index < -0.39 is 10.0 Å². The van der Waals surface area contributed by atoms with E-state index in [1.54, 1.807) is 36.0 Å². The quantitative estimate of drug-likeness (QED) is 0.396. The lowest BCUT2D eigenvalue weighted by Gasteiger charge is -2.24. The summed E-state index contributed by atoms with van der Waals surface area (Å²) < 4.78 is 31.0. The minimum absolute atomic E-state index is 0.0858. The van der Waals surface area contributed by atoms with Crippen molar-refractivity contribution in [2.45, 2.75) is 16.8 Å². The number of carbonyl (C=O) groups is 2. The molecular weight excluding hydrogens is 510 g/mol. The van der Waals surface area contributed by atoms with E-state index in [1.807, 2.05) is 47.4 Å². The fraction of sp³-hybridized carbons (Fsp3) is 0.259.